The van der Waals surface area contributed by atoms with Crippen LogP contribution in [0.2, 0.25) is 5.02 Å². The van der Waals surface area contributed by atoms with Crippen molar-refractivity contribution in [2.75, 3.05) is 18.1 Å². The summed E-state index contributed by atoms with van der Waals surface area (Å²) in [6.45, 7) is -0.112. The zero-order valence-electron chi connectivity index (χ0n) is 16.3. The maximum atomic E-state index is 12.0. The van der Waals surface area contributed by atoms with E-state index in [1.165, 1.54) is 35.0 Å². The van der Waals surface area contributed by atoms with Crippen LogP contribution in [-0.2, 0) is 4.79 Å². The highest BCUT2D eigenvalue weighted by Gasteiger charge is 2.18. The Bertz CT molecular complexity index is 1030. The Balaban J connectivity index is 1.20. The van der Waals surface area contributed by atoms with Gasteiger partial charge in [-0.15, -0.1) is 23.5 Å². The molecule has 1 fully saturated rings. The summed E-state index contributed by atoms with van der Waals surface area (Å²) in [6.07, 6.45) is 1.45. The molecule has 4 rings (SSSR count). The topological polar surface area (TPSA) is 63.8 Å². The van der Waals surface area contributed by atoms with Crippen LogP contribution >= 0.6 is 46.9 Å². The van der Waals surface area contributed by atoms with E-state index in [1.54, 1.807) is 6.07 Å². The third kappa shape index (κ3) is 6.74. The molecule has 3 aromatic rings. The Hall–Kier alpha value is -2.00. The molecule has 0 aliphatic carbocycles. The molecule has 0 unspecified atom stereocenters. The van der Waals surface area contributed by atoms with Crippen LogP contribution in [-0.4, -0.2) is 30.2 Å². The van der Waals surface area contributed by atoms with Gasteiger partial charge in [-0.05, 0) is 54.1 Å². The summed E-state index contributed by atoms with van der Waals surface area (Å²) in [7, 11) is 0. The standard InChI is InChI=1S/C22H19ClN2O3S3/c23-16-3-8-19(9-4-16)31-21-10-7-18(28-21)13-24-25-20(26)14-27-17-5-1-15(2-6-17)22-29-11-12-30-22/h1-10,13,22H,11-12,14H2,(H,25,26)/b24-13-. The van der Waals surface area contributed by atoms with Crippen molar-refractivity contribution in [3.63, 3.8) is 0 Å². The third-order valence-electron chi connectivity index (χ3n) is 4.16. The highest BCUT2D eigenvalue weighted by molar-refractivity contribution is 8.19. The van der Waals surface area contributed by atoms with Gasteiger partial charge in [-0.3, -0.25) is 4.79 Å². The molecule has 160 valence electrons. The molecular weight excluding hydrogens is 472 g/mol. The first kappa shape index (κ1) is 22.2. The molecule has 0 spiro atoms. The number of carbonyl (C=O) groups excluding carboxylic acids is 1. The van der Waals surface area contributed by atoms with Crippen LogP contribution in [0.25, 0.3) is 0 Å². The zero-order valence-corrected chi connectivity index (χ0v) is 19.5. The fourth-order valence-corrected chi connectivity index (χ4v) is 6.46. The van der Waals surface area contributed by atoms with Crippen LogP contribution in [0.15, 0.2) is 80.2 Å². The summed E-state index contributed by atoms with van der Waals surface area (Å²) in [5.74, 6) is 3.23. The van der Waals surface area contributed by atoms with Crippen molar-refractivity contribution in [2.24, 2.45) is 5.10 Å². The summed E-state index contributed by atoms with van der Waals surface area (Å²) in [6, 6.07) is 19.0. The number of hydrogen-bond donors (Lipinski definition) is 1. The Morgan fingerprint density at radius 3 is 2.61 bits per heavy atom. The zero-order chi connectivity index (χ0) is 21.5. The number of carbonyl (C=O) groups is 1. The minimum absolute atomic E-state index is 0.112. The largest absolute Gasteiger partial charge is 0.484 e. The molecule has 2 aromatic carbocycles. The second-order valence-electron chi connectivity index (χ2n) is 6.44. The number of rotatable bonds is 8. The molecule has 1 amide bonds. The number of nitrogens with one attached hydrogen (secondary N) is 1. The predicted octanol–water partition coefficient (Wildman–Crippen LogP) is 6.09. The van der Waals surface area contributed by atoms with Crippen LogP contribution in [0.1, 0.15) is 15.9 Å². The summed E-state index contributed by atoms with van der Waals surface area (Å²) < 4.78 is 11.7. The molecule has 1 aliphatic rings. The van der Waals surface area contributed by atoms with E-state index in [0.717, 1.165) is 9.99 Å². The SMILES string of the molecule is O=C(COc1ccc(C2SCCS2)cc1)N/N=C\c1ccc(Sc2ccc(Cl)cc2)o1. The number of benzene rings is 2. The van der Waals surface area contributed by atoms with E-state index in [9.17, 15) is 4.79 Å². The number of ether oxygens (including phenoxy) is 1. The number of halogens is 1. The minimum atomic E-state index is -0.343. The maximum absolute atomic E-state index is 12.0. The van der Waals surface area contributed by atoms with Crippen LogP contribution < -0.4 is 10.2 Å². The molecule has 5 nitrogen and oxygen atoms in total. The normalized spacial score (nSPS) is 14.2. The van der Waals surface area contributed by atoms with Gasteiger partial charge in [0.15, 0.2) is 11.7 Å². The van der Waals surface area contributed by atoms with Gasteiger partial charge < -0.3 is 9.15 Å². The Labute approximate surface area is 198 Å². The molecule has 1 N–H and O–H groups in total. The van der Waals surface area contributed by atoms with Gasteiger partial charge in [0.05, 0.1) is 10.8 Å². The summed E-state index contributed by atoms with van der Waals surface area (Å²) in [5, 5.41) is 5.33. The summed E-state index contributed by atoms with van der Waals surface area (Å²) >= 11 is 11.3. The lowest BCUT2D eigenvalue weighted by Gasteiger charge is -2.09. The molecule has 2 heterocycles. The molecular formula is C22H19ClN2O3S3. The molecule has 1 aromatic heterocycles. The van der Waals surface area contributed by atoms with Gasteiger partial charge in [-0.1, -0.05) is 35.5 Å². The number of hydrogen-bond acceptors (Lipinski definition) is 7. The van der Waals surface area contributed by atoms with Gasteiger partial charge in [0.2, 0.25) is 0 Å². The fourth-order valence-electron chi connectivity index (χ4n) is 2.70. The first-order valence-corrected chi connectivity index (χ1v) is 12.8. The third-order valence-corrected chi connectivity index (χ3v) is 8.44. The van der Waals surface area contributed by atoms with Gasteiger partial charge in [-0.2, -0.15) is 5.10 Å². The van der Waals surface area contributed by atoms with Crippen molar-refractivity contribution in [3.8, 4) is 5.75 Å². The van der Waals surface area contributed by atoms with E-state index < -0.39 is 0 Å². The van der Waals surface area contributed by atoms with Gasteiger partial charge in [0.1, 0.15) is 11.5 Å². The lowest BCUT2D eigenvalue weighted by atomic mass is 10.2. The monoisotopic (exact) mass is 490 g/mol. The maximum Gasteiger partial charge on any atom is 0.277 e. The van der Waals surface area contributed by atoms with Crippen molar-refractivity contribution in [1.29, 1.82) is 0 Å². The van der Waals surface area contributed by atoms with Crippen molar-refractivity contribution in [3.05, 3.63) is 77.0 Å². The first-order chi connectivity index (χ1) is 15.2. The quantitative estimate of drug-likeness (QED) is 0.304. The number of amides is 1. The number of thioether (sulfide) groups is 2. The van der Waals surface area contributed by atoms with E-state index in [4.69, 9.17) is 20.8 Å². The van der Waals surface area contributed by atoms with Crippen molar-refractivity contribution in [1.82, 2.24) is 5.43 Å². The van der Waals surface area contributed by atoms with E-state index >= 15 is 0 Å². The smallest absolute Gasteiger partial charge is 0.277 e. The average Bonchev–Trinajstić information content (AvgIpc) is 3.47. The highest BCUT2D eigenvalue weighted by atomic mass is 35.5. The Morgan fingerprint density at radius 1 is 1.13 bits per heavy atom. The van der Waals surface area contributed by atoms with Crippen LogP contribution in [0.5, 0.6) is 5.75 Å². The average molecular weight is 491 g/mol. The summed E-state index contributed by atoms with van der Waals surface area (Å²) in [4.78, 5) is 13.0. The van der Waals surface area contributed by atoms with Crippen molar-refractivity contribution in [2.45, 2.75) is 14.6 Å². The molecule has 0 atom stereocenters. The van der Waals surface area contributed by atoms with Gasteiger partial charge in [0.25, 0.3) is 5.91 Å². The number of nitrogens with zero attached hydrogens (tertiary/aromatic N) is 1. The second kappa shape index (κ2) is 11.0. The van der Waals surface area contributed by atoms with Crippen LogP contribution in [0.4, 0.5) is 0 Å². The molecule has 1 aliphatic heterocycles. The summed E-state index contributed by atoms with van der Waals surface area (Å²) in [5.41, 5.74) is 3.72. The molecule has 0 saturated carbocycles. The molecule has 0 radical (unpaired) electrons. The van der Waals surface area contributed by atoms with E-state index in [0.29, 0.717) is 21.1 Å². The molecule has 9 heteroatoms. The molecule has 0 bridgehead atoms. The van der Waals surface area contributed by atoms with Crippen molar-refractivity contribution >= 4 is 59.0 Å². The minimum Gasteiger partial charge on any atom is -0.484 e. The van der Waals surface area contributed by atoms with E-state index in [1.807, 2.05) is 66.0 Å². The van der Waals surface area contributed by atoms with Gasteiger partial charge in [-0.25, -0.2) is 5.43 Å². The molecule has 31 heavy (non-hydrogen) atoms. The van der Waals surface area contributed by atoms with Crippen LogP contribution in [0, 0.1) is 0 Å². The van der Waals surface area contributed by atoms with Gasteiger partial charge in [0, 0.05) is 21.4 Å². The Kier molecular flexibility index (Phi) is 7.91. The number of hydrazone groups is 1. The predicted molar refractivity (Wildman–Crippen MR) is 130 cm³/mol. The lowest BCUT2D eigenvalue weighted by molar-refractivity contribution is -0.123. The highest BCUT2D eigenvalue weighted by Crippen LogP contribution is 2.45. The molecule has 1 saturated heterocycles. The van der Waals surface area contributed by atoms with Crippen molar-refractivity contribution < 1.29 is 13.9 Å². The fraction of sp³-hybridized carbons (Fsp3) is 0.182. The van der Waals surface area contributed by atoms with E-state index in [2.05, 4.69) is 22.7 Å². The first-order valence-electron chi connectivity index (χ1n) is 9.47. The number of furan rings is 1. The second-order valence-corrected chi connectivity index (χ2v) is 10.7. The lowest BCUT2D eigenvalue weighted by Crippen LogP contribution is -2.24. The van der Waals surface area contributed by atoms with E-state index in [-0.39, 0.29) is 12.5 Å². The van der Waals surface area contributed by atoms with Crippen LogP contribution in [0.3, 0.4) is 0 Å². The Morgan fingerprint density at radius 2 is 1.87 bits per heavy atom. The van der Waals surface area contributed by atoms with Gasteiger partial charge >= 0.3 is 0 Å².